The van der Waals surface area contributed by atoms with E-state index in [-0.39, 0.29) is 0 Å². The van der Waals surface area contributed by atoms with E-state index in [9.17, 15) is 0 Å². The van der Waals surface area contributed by atoms with Crippen molar-refractivity contribution in [1.82, 2.24) is 10.2 Å². The lowest BCUT2D eigenvalue weighted by molar-refractivity contribution is 0.304. The predicted octanol–water partition coefficient (Wildman–Crippen LogP) is 3.85. The molecule has 0 spiro atoms. The number of aromatic amines is 1. The Morgan fingerprint density at radius 3 is 2.50 bits per heavy atom. The summed E-state index contributed by atoms with van der Waals surface area (Å²) in [6.45, 7) is 4.67. The van der Waals surface area contributed by atoms with E-state index in [4.69, 9.17) is 10.5 Å². The number of ether oxygens (including phenoxy) is 1. The summed E-state index contributed by atoms with van der Waals surface area (Å²) in [4.78, 5) is 0. The molecule has 1 aromatic heterocycles. The molecule has 0 aliphatic rings. The molecule has 22 heavy (non-hydrogen) atoms. The first-order valence-corrected chi connectivity index (χ1v) is 7.22. The fourth-order valence-corrected chi connectivity index (χ4v) is 2.45. The quantitative estimate of drug-likeness (QED) is 0.768. The second-order valence-corrected chi connectivity index (χ2v) is 5.41. The predicted molar refractivity (Wildman–Crippen MR) is 88.7 cm³/mol. The van der Waals surface area contributed by atoms with Gasteiger partial charge in [0.15, 0.2) is 0 Å². The van der Waals surface area contributed by atoms with Gasteiger partial charge in [0.1, 0.15) is 18.2 Å². The normalized spacial score (nSPS) is 10.6. The fraction of sp³-hybridized carbons (Fsp3) is 0.167. The van der Waals surface area contributed by atoms with Crippen molar-refractivity contribution in [2.45, 2.75) is 20.5 Å². The number of nitrogens with two attached hydrogens (primary N) is 1. The van der Waals surface area contributed by atoms with Crippen LogP contribution in [0, 0.1) is 13.8 Å². The van der Waals surface area contributed by atoms with Crippen molar-refractivity contribution < 1.29 is 4.74 Å². The zero-order valence-corrected chi connectivity index (χ0v) is 12.8. The first-order chi connectivity index (χ1) is 10.6. The molecular weight excluding hydrogens is 274 g/mol. The summed E-state index contributed by atoms with van der Waals surface area (Å²) in [6.07, 6.45) is 0. The first-order valence-electron chi connectivity index (χ1n) is 7.22. The average molecular weight is 293 g/mol. The number of hydrogen-bond donors (Lipinski definition) is 2. The summed E-state index contributed by atoms with van der Waals surface area (Å²) >= 11 is 0. The lowest BCUT2D eigenvalue weighted by Crippen LogP contribution is -1.98. The van der Waals surface area contributed by atoms with Crippen LogP contribution in [0.3, 0.4) is 0 Å². The Bertz CT molecular complexity index is 778. The Hall–Kier alpha value is -2.75. The second-order valence-electron chi connectivity index (χ2n) is 5.41. The Morgan fingerprint density at radius 2 is 1.82 bits per heavy atom. The van der Waals surface area contributed by atoms with E-state index in [0.717, 1.165) is 33.7 Å². The van der Waals surface area contributed by atoms with Crippen LogP contribution in [0.5, 0.6) is 5.75 Å². The van der Waals surface area contributed by atoms with Gasteiger partial charge in [-0.05, 0) is 42.7 Å². The molecule has 4 heteroatoms. The monoisotopic (exact) mass is 293 g/mol. The van der Waals surface area contributed by atoms with Crippen molar-refractivity contribution in [2.75, 3.05) is 5.73 Å². The molecule has 0 radical (unpaired) electrons. The summed E-state index contributed by atoms with van der Waals surface area (Å²) in [7, 11) is 0. The highest BCUT2D eigenvalue weighted by atomic mass is 16.5. The number of benzene rings is 2. The number of nitrogens with one attached hydrogen (secondary N) is 1. The molecule has 112 valence electrons. The smallest absolute Gasteiger partial charge is 0.145 e. The van der Waals surface area contributed by atoms with Crippen LogP contribution in [0.4, 0.5) is 5.82 Å². The molecule has 0 amide bonds. The van der Waals surface area contributed by atoms with Crippen LogP contribution in [-0.4, -0.2) is 10.2 Å². The van der Waals surface area contributed by atoms with E-state index in [1.165, 1.54) is 0 Å². The van der Waals surface area contributed by atoms with Crippen LogP contribution >= 0.6 is 0 Å². The molecule has 0 unspecified atom stereocenters. The Morgan fingerprint density at radius 1 is 1.05 bits per heavy atom. The van der Waals surface area contributed by atoms with Crippen molar-refractivity contribution in [3.63, 3.8) is 0 Å². The molecule has 2 aromatic carbocycles. The van der Waals surface area contributed by atoms with Gasteiger partial charge < -0.3 is 10.5 Å². The number of hydrogen-bond acceptors (Lipinski definition) is 3. The van der Waals surface area contributed by atoms with Gasteiger partial charge in [0.05, 0.1) is 5.69 Å². The maximum atomic E-state index is 5.95. The van der Waals surface area contributed by atoms with E-state index in [1.807, 2.05) is 31.2 Å². The molecule has 0 aliphatic heterocycles. The van der Waals surface area contributed by atoms with Crippen LogP contribution in [0.1, 0.15) is 16.7 Å². The second kappa shape index (κ2) is 5.93. The highest BCUT2D eigenvalue weighted by Gasteiger charge is 2.09. The summed E-state index contributed by atoms with van der Waals surface area (Å²) in [6, 6.07) is 16.2. The number of aromatic nitrogens is 2. The number of anilines is 1. The Kier molecular flexibility index (Phi) is 3.83. The van der Waals surface area contributed by atoms with E-state index in [2.05, 4.69) is 41.4 Å². The van der Waals surface area contributed by atoms with E-state index >= 15 is 0 Å². The number of nitrogen functional groups attached to an aromatic ring is 1. The lowest BCUT2D eigenvalue weighted by Gasteiger charge is -2.13. The maximum Gasteiger partial charge on any atom is 0.145 e. The topological polar surface area (TPSA) is 63.9 Å². The molecule has 0 aliphatic carbocycles. The van der Waals surface area contributed by atoms with Gasteiger partial charge in [0, 0.05) is 11.6 Å². The summed E-state index contributed by atoms with van der Waals surface area (Å²) in [5, 5.41) is 6.94. The minimum Gasteiger partial charge on any atom is -0.489 e. The molecule has 3 N–H and O–H groups in total. The van der Waals surface area contributed by atoms with Crippen LogP contribution in [0.2, 0.25) is 0 Å². The van der Waals surface area contributed by atoms with Gasteiger partial charge in [-0.2, -0.15) is 5.10 Å². The van der Waals surface area contributed by atoms with Crippen molar-refractivity contribution >= 4 is 5.82 Å². The van der Waals surface area contributed by atoms with Crippen LogP contribution in [0.25, 0.3) is 11.3 Å². The highest BCUT2D eigenvalue weighted by molar-refractivity contribution is 5.68. The molecular formula is C18H19N3O. The van der Waals surface area contributed by atoms with Crippen molar-refractivity contribution in [3.8, 4) is 17.0 Å². The standard InChI is InChI=1S/C18H19N3O/c1-12-9-17(22-11-14-6-4-3-5-7-14)13(2)8-15(12)16-10-18(19)21-20-16/h3-10H,11H2,1-2H3,(H3,19,20,21). The number of rotatable bonds is 4. The van der Waals surface area contributed by atoms with Gasteiger partial charge in [0.2, 0.25) is 0 Å². The molecule has 1 heterocycles. The molecule has 0 bridgehead atoms. The minimum absolute atomic E-state index is 0.497. The molecule has 0 saturated carbocycles. The zero-order valence-electron chi connectivity index (χ0n) is 12.8. The Labute approximate surface area is 129 Å². The van der Waals surface area contributed by atoms with Crippen LogP contribution in [0.15, 0.2) is 48.5 Å². The van der Waals surface area contributed by atoms with Gasteiger partial charge in [-0.25, -0.2) is 0 Å². The third kappa shape index (κ3) is 2.96. The zero-order chi connectivity index (χ0) is 15.5. The number of H-pyrrole nitrogens is 1. The number of nitrogens with zero attached hydrogens (tertiary/aromatic N) is 1. The largest absolute Gasteiger partial charge is 0.489 e. The van der Waals surface area contributed by atoms with Gasteiger partial charge in [0.25, 0.3) is 0 Å². The number of aryl methyl sites for hydroxylation is 2. The van der Waals surface area contributed by atoms with Gasteiger partial charge in [-0.15, -0.1) is 0 Å². The summed E-state index contributed by atoms with van der Waals surface area (Å²) < 4.78 is 5.95. The fourth-order valence-electron chi connectivity index (χ4n) is 2.45. The minimum atomic E-state index is 0.497. The lowest BCUT2D eigenvalue weighted by atomic mass is 10.0. The van der Waals surface area contributed by atoms with Crippen molar-refractivity contribution in [3.05, 3.63) is 65.2 Å². The van der Waals surface area contributed by atoms with Gasteiger partial charge >= 0.3 is 0 Å². The molecule has 3 aromatic rings. The molecule has 0 fully saturated rings. The third-order valence-electron chi connectivity index (χ3n) is 3.65. The van der Waals surface area contributed by atoms with Crippen molar-refractivity contribution in [1.29, 1.82) is 0 Å². The van der Waals surface area contributed by atoms with E-state index in [0.29, 0.717) is 12.4 Å². The molecule has 0 saturated heterocycles. The first kappa shape index (κ1) is 14.2. The van der Waals surface area contributed by atoms with E-state index < -0.39 is 0 Å². The van der Waals surface area contributed by atoms with Gasteiger partial charge in [-0.3, -0.25) is 5.10 Å². The SMILES string of the molecule is Cc1cc(-c2cc(N)n[nH]2)c(C)cc1OCc1ccccc1. The summed E-state index contributed by atoms with van der Waals surface area (Å²) in [5.41, 5.74) is 11.1. The molecule has 0 atom stereocenters. The molecule has 3 rings (SSSR count). The van der Waals surface area contributed by atoms with Gasteiger partial charge in [-0.1, -0.05) is 30.3 Å². The average Bonchev–Trinajstić information content (AvgIpc) is 2.95. The third-order valence-corrected chi connectivity index (χ3v) is 3.65. The Balaban J connectivity index is 1.83. The van der Waals surface area contributed by atoms with Crippen LogP contribution in [-0.2, 0) is 6.61 Å². The summed E-state index contributed by atoms with van der Waals surface area (Å²) in [5.74, 6) is 1.40. The maximum absolute atomic E-state index is 5.95. The van der Waals surface area contributed by atoms with Crippen molar-refractivity contribution in [2.24, 2.45) is 0 Å². The molecule has 4 nitrogen and oxygen atoms in total. The highest BCUT2D eigenvalue weighted by Crippen LogP contribution is 2.30. The van der Waals surface area contributed by atoms with Crippen LogP contribution < -0.4 is 10.5 Å². The van der Waals surface area contributed by atoms with E-state index in [1.54, 1.807) is 0 Å².